The first kappa shape index (κ1) is 33.6. The molecule has 0 atom stereocenters. The summed E-state index contributed by atoms with van der Waals surface area (Å²) in [5.41, 5.74) is 14.5. The minimum Gasteiger partial charge on any atom is -0.455 e. The van der Waals surface area contributed by atoms with Crippen molar-refractivity contribution in [2.45, 2.75) is 0 Å². The van der Waals surface area contributed by atoms with Gasteiger partial charge in [-0.2, -0.15) is 0 Å². The van der Waals surface area contributed by atoms with E-state index >= 15 is 0 Å². The Bertz CT molecular complexity index is 3250. The number of furan rings is 1. The third-order valence-corrected chi connectivity index (χ3v) is 11.5. The SMILES string of the molecule is c1ccc(-c2cccc3ccccc23)c(-c2ccc(N(c3ccc(-c4cccc5ccccc45)cc3)c3ccc(-c4cccc5c4oc4ccccc45)cc3)cc2)c1. The van der Waals surface area contributed by atoms with Crippen molar-refractivity contribution in [2.75, 3.05) is 4.90 Å². The molecule has 0 fully saturated rings. The van der Waals surface area contributed by atoms with Crippen molar-refractivity contribution in [3.63, 3.8) is 0 Å². The molecule has 11 rings (SSSR count). The molecule has 58 heavy (non-hydrogen) atoms. The number of anilines is 3. The lowest BCUT2D eigenvalue weighted by Crippen LogP contribution is -2.09. The van der Waals surface area contributed by atoms with Gasteiger partial charge in [0.25, 0.3) is 0 Å². The highest BCUT2D eigenvalue weighted by Gasteiger charge is 2.17. The Kier molecular flexibility index (Phi) is 8.19. The topological polar surface area (TPSA) is 16.4 Å². The van der Waals surface area contributed by atoms with Gasteiger partial charge in [-0.3, -0.25) is 0 Å². The van der Waals surface area contributed by atoms with Crippen molar-refractivity contribution in [3.05, 3.63) is 224 Å². The maximum atomic E-state index is 6.42. The number of benzene rings is 10. The highest BCUT2D eigenvalue weighted by atomic mass is 16.3. The van der Waals surface area contributed by atoms with Gasteiger partial charge >= 0.3 is 0 Å². The summed E-state index contributed by atoms with van der Waals surface area (Å²) in [6.45, 7) is 0. The second-order valence-corrected chi connectivity index (χ2v) is 14.9. The second kappa shape index (κ2) is 14.1. The van der Waals surface area contributed by atoms with Crippen molar-refractivity contribution in [1.82, 2.24) is 0 Å². The predicted octanol–water partition coefficient (Wildman–Crippen LogP) is 16.0. The first-order valence-electron chi connectivity index (χ1n) is 19.8. The summed E-state index contributed by atoms with van der Waals surface area (Å²) in [5, 5.41) is 7.26. The third kappa shape index (κ3) is 5.82. The quantitative estimate of drug-likeness (QED) is 0.162. The van der Waals surface area contributed by atoms with Crippen LogP contribution in [-0.4, -0.2) is 0 Å². The molecule has 1 aromatic heterocycles. The first-order chi connectivity index (χ1) is 28.8. The van der Waals surface area contributed by atoms with Gasteiger partial charge in [-0.1, -0.05) is 182 Å². The molecule has 0 amide bonds. The van der Waals surface area contributed by atoms with E-state index in [1.54, 1.807) is 0 Å². The van der Waals surface area contributed by atoms with Crippen LogP contribution in [0.25, 0.3) is 88.0 Å². The van der Waals surface area contributed by atoms with E-state index in [-0.39, 0.29) is 0 Å². The molecule has 0 unspecified atom stereocenters. The maximum absolute atomic E-state index is 6.42. The van der Waals surface area contributed by atoms with Gasteiger partial charge in [0.1, 0.15) is 11.2 Å². The summed E-state index contributed by atoms with van der Waals surface area (Å²) >= 11 is 0. The zero-order valence-electron chi connectivity index (χ0n) is 31.7. The van der Waals surface area contributed by atoms with Crippen LogP contribution in [0.3, 0.4) is 0 Å². The maximum Gasteiger partial charge on any atom is 0.143 e. The second-order valence-electron chi connectivity index (χ2n) is 14.9. The summed E-state index contributed by atoms with van der Waals surface area (Å²) in [5.74, 6) is 0. The van der Waals surface area contributed by atoms with Crippen LogP contribution in [0.1, 0.15) is 0 Å². The van der Waals surface area contributed by atoms with Crippen molar-refractivity contribution in [3.8, 4) is 44.5 Å². The molecule has 0 saturated carbocycles. The molecule has 0 bridgehead atoms. The van der Waals surface area contributed by atoms with E-state index in [2.05, 4.69) is 217 Å². The van der Waals surface area contributed by atoms with Crippen molar-refractivity contribution in [2.24, 2.45) is 0 Å². The van der Waals surface area contributed by atoms with Crippen molar-refractivity contribution >= 4 is 60.5 Å². The lowest BCUT2D eigenvalue weighted by atomic mass is 9.91. The van der Waals surface area contributed by atoms with E-state index in [1.165, 1.54) is 54.9 Å². The van der Waals surface area contributed by atoms with E-state index in [1.807, 2.05) is 12.1 Å². The van der Waals surface area contributed by atoms with Gasteiger partial charge in [0.2, 0.25) is 0 Å². The Hall–Kier alpha value is -7.68. The normalized spacial score (nSPS) is 11.4. The molecule has 0 saturated heterocycles. The largest absolute Gasteiger partial charge is 0.455 e. The van der Waals surface area contributed by atoms with Gasteiger partial charge in [-0.25, -0.2) is 0 Å². The predicted molar refractivity (Wildman–Crippen MR) is 245 cm³/mol. The fraction of sp³-hybridized carbons (Fsp3) is 0. The minimum atomic E-state index is 0.905. The fourth-order valence-corrected chi connectivity index (χ4v) is 8.70. The van der Waals surface area contributed by atoms with Crippen LogP contribution in [0.5, 0.6) is 0 Å². The van der Waals surface area contributed by atoms with E-state index in [0.717, 1.165) is 50.1 Å². The molecule has 11 aromatic rings. The lowest BCUT2D eigenvalue weighted by Gasteiger charge is -2.26. The highest BCUT2D eigenvalue weighted by molar-refractivity contribution is 6.09. The molecule has 2 nitrogen and oxygen atoms in total. The molecular weight excluding hydrogens is 703 g/mol. The van der Waals surface area contributed by atoms with Crippen LogP contribution in [0, 0.1) is 0 Å². The third-order valence-electron chi connectivity index (χ3n) is 11.5. The standard InChI is InChI=1S/C56H37NO/c1-3-16-46-38(12-1)14-9-21-47(46)40-26-32-43(33-27-40)57(45-36-30-42(31-37-45)50-22-11-24-54-53-20-7-8-25-55(53)58-56(50)54)44-34-28-41(29-35-44)49-18-5-6-19-51(49)52-23-10-15-39-13-2-4-17-48(39)52/h1-37H. The smallest absolute Gasteiger partial charge is 0.143 e. The van der Waals surface area contributed by atoms with Gasteiger partial charge in [-0.05, 0) is 103 Å². The molecule has 0 aliphatic heterocycles. The Morgan fingerprint density at radius 3 is 1.29 bits per heavy atom. The van der Waals surface area contributed by atoms with Crippen molar-refractivity contribution < 1.29 is 4.42 Å². The molecule has 272 valence electrons. The average molecular weight is 740 g/mol. The lowest BCUT2D eigenvalue weighted by molar-refractivity contribution is 0.670. The number of para-hydroxylation sites is 2. The number of fused-ring (bicyclic) bond motifs is 5. The van der Waals surface area contributed by atoms with Gasteiger partial charge in [0, 0.05) is 33.4 Å². The van der Waals surface area contributed by atoms with Gasteiger partial charge in [0.05, 0.1) is 0 Å². The van der Waals surface area contributed by atoms with Crippen molar-refractivity contribution in [1.29, 1.82) is 0 Å². The molecule has 0 aliphatic carbocycles. The molecule has 0 N–H and O–H groups in total. The van der Waals surface area contributed by atoms with E-state index < -0.39 is 0 Å². The molecule has 2 heteroatoms. The molecule has 0 spiro atoms. The Balaban J connectivity index is 1.00. The molecule has 0 aliphatic rings. The van der Waals surface area contributed by atoms with Crippen LogP contribution in [0.15, 0.2) is 229 Å². The zero-order chi connectivity index (χ0) is 38.4. The monoisotopic (exact) mass is 739 g/mol. The molecule has 10 aromatic carbocycles. The van der Waals surface area contributed by atoms with Crippen LogP contribution in [0.2, 0.25) is 0 Å². The Morgan fingerprint density at radius 2 is 0.655 bits per heavy atom. The summed E-state index contributed by atoms with van der Waals surface area (Å²) in [6, 6.07) is 80.6. The molecule has 1 heterocycles. The molecule has 0 radical (unpaired) electrons. The minimum absolute atomic E-state index is 0.905. The van der Waals surface area contributed by atoms with E-state index in [4.69, 9.17) is 4.42 Å². The van der Waals surface area contributed by atoms with Gasteiger partial charge in [-0.15, -0.1) is 0 Å². The van der Waals surface area contributed by atoms with E-state index in [9.17, 15) is 0 Å². The summed E-state index contributed by atoms with van der Waals surface area (Å²) in [7, 11) is 0. The average Bonchev–Trinajstić information content (AvgIpc) is 3.69. The zero-order valence-corrected chi connectivity index (χ0v) is 31.7. The number of hydrogen-bond donors (Lipinski definition) is 0. The number of rotatable bonds is 7. The Morgan fingerprint density at radius 1 is 0.259 bits per heavy atom. The number of nitrogens with zero attached hydrogens (tertiary/aromatic N) is 1. The van der Waals surface area contributed by atoms with Crippen LogP contribution >= 0.6 is 0 Å². The summed E-state index contributed by atoms with van der Waals surface area (Å²) in [4.78, 5) is 2.35. The van der Waals surface area contributed by atoms with Gasteiger partial charge < -0.3 is 9.32 Å². The fourth-order valence-electron chi connectivity index (χ4n) is 8.70. The molecular formula is C56H37NO. The van der Waals surface area contributed by atoms with Crippen LogP contribution < -0.4 is 4.90 Å². The Labute approximate surface area is 337 Å². The van der Waals surface area contributed by atoms with Gasteiger partial charge in [0.15, 0.2) is 0 Å². The highest BCUT2D eigenvalue weighted by Crippen LogP contribution is 2.42. The number of hydrogen-bond acceptors (Lipinski definition) is 2. The van der Waals surface area contributed by atoms with Crippen LogP contribution in [-0.2, 0) is 0 Å². The van der Waals surface area contributed by atoms with E-state index in [0.29, 0.717) is 0 Å². The summed E-state index contributed by atoms with van der Waals surface area (Å²) in [6.07, 6.45) is 0. The first-order valence-corrected chi connectivity index (χ1v) is 19.8. The summed E-state index contributed by atoms with van der Waals surface area (Å²) < 4.78 is 6.42. The van der Waals surface area contributed by atoms with Crippen LogP contribution in [0.4, 0.5) is 17.1 Å².